The Hall–Kier alpha value is -2.02. The highest BCUT2D eigenvalue weighted by molar-refractivity contribution is 8.00. The second-order valence-corrected chi connectivity index (χ2v) is 7.81. The van der Waals surface area contributed by atoms with Crippen LogP contribution in [0, 0.1) is 5.92 Å². The molecule has 0 atom stereocenters. The Morgan fingerprint density at radius 3 is 2.48 bits per heavy atom. The van der Waals surface area contributed by atoms with Crippen LogP contribution >= 0.6 is 11.8 Å². The van der Waals surface area contributed by atoms with Crippen LogP contribution in [-0.4, -0.2) is 59.5 Å². The highest BCUT2D eigenvalue weighted by Crippen LogP contribution is 2.32. The van der Waals surface area contributed by atoms with Crippen LogP contribution in [0.3, 0.4) is 0 Å². The molecular weight excluding hydrogens is 338 g/mol. The molecule has 1 saturated heterocycles. The van der Waals surface area contributed by atoms with Crippen LogP contribution in [0.4, 0.5) is 5.69 Å². The van der Waals surface area contributed by atoms with Gasteiger partial charge in [0.25, 0.3) is 5.91 Å². The molecule has 7 heteroatoms. The standard InChI is InChI=1S/C18H21N3O3S/c22-16-11-25-15-5-4-13(10-14(15)19-16)18(24)21-8-6-20(7-9-21)17(23)12-2-1-3-12/h4-5,10,12H,1-3,6-9,11H2,(H,19,22). The molecule has 0 bridgehead atoms. The molecule has 3 aliphatic rings. The summed E-state index contributed by atoms with van der Waals surface area (Å²) < 4.78 is 0. The van der Waals surface area contributed by atoms with Crippen molar-refractivity contribution in [1.29, 1.82) is 0 Å². The molecule has 1 aliphatic carbocycles. The lowest BCUT2D eigenvalue weighted by molar-refractivity contribution is -0.139. The zero-order chi connectivity index (χ0) is 17.4. The molecule has 6 nitrogen and oxygen atoms in total. The van der Waals surface area contributed by atoms with Crippen molar-refractivity contribution in [3.63, 3.8) is 0 Å². The van der Waals surface area contributed by atoms with E-state index in [0.29, 0.717) is 43.2 Å². The highest BCUT2D eigenvalue weighted by Gasteiger charge is 2.32. The first kappa shape index (κ1) is 16.4. The maximum atomic E-state index is 12.7. The van der Waals surface area contributed by atoms with Gasteiger partial charge >= 0.3 is 0 Å². The Kier molecular flexibility index (Phi) is 4.41. The summed E-state index contributed by atoms with van der Waals surface area (Å²) in [5.41, 5.74) is 1.30. The molecule has 0 spiro atoms. The van der Waals surface area contributed by atoms with E-state index in [1.807, 2.05) is 17.0 Å². The van der Waals surface area contributed by atoms with Crippen molar-refractivity contribution < 1.29 is 14.4 Å². The number of carbonyl (C=O) groups is 3. The SMILES string of the molecule is O=C1CSc2ccc(C(=O)N3CCN(C(=O)C4CCC4)CC3)cc2N1. The Balaban J connectivity index is 1.39. The minimum atomic E-state index is -0.0386. The fourth-order valence-corrected chi connectivity index (χ4v) is 4.23. The van der Waals surface area contributed by atoms with Gasteiger partial charge in [-0.05, 0) is 31.0 Å². The lowest BCUT2D eigenvalue weighted by Crippen LogP contribution is -2.52. The van der Waals surface area contributed by atoms with Crippen LogP contribution in [0.25, 0.3) is 0 Å². The summed E-state index contributed by atoms with van der Waals surface area (Å²) >= 11 is 1.49. The molecule has 0 aromatic heterocycles. The second kappa shape index (κ2) is 6.71. The van der Waals surface area contributed by atoms with Gasteiger partial charge in [0, 0.05) is 42.6 Å². The van der Waals surface area contributed by atoms with E-state index in [-0.39, 0.29) is 23.6 Å². The van der Waals surface area contributed by atoms with Crippen molar-refractivity contribution in [3.05, 3.63) is 23.8 Å². The van der Waals surface area contributed by atoms with Gasteiger partial charge in [-0.25, -0.2) is 0 Å². The van der Waals surface area contributed by atoms with Gasteiger partial charge in [0.05, 0.1) is 11.4 Å². The van der Waals surface area contributed by atoms with Crippen molar-refractivity contribution in [2.45, 2.75) is 24.2 Å². The summed E-state index contributed by atoms with van der Waals surface area (Å²) in [7, 11) is 0. The minimum absolute atomic E-state index is 0.0368. The first-order valence-electron chi connectivity index (χ1n) is 8.76. The summed E-state index contributed by atoms with van der Waals surface area (Å²) in [4.78, 5) is 41.3. The lowest BCUT2D eigenvalue weighted by Gasteiger charge is -2.38. The number of rotatable bonds is 2. The molecule has 1 saturated carbocycles. The van der Waals surface area contributed by atoms with Gasteiger partial charge in [0.2, 0.25) is 11.8 Å². The van der Waals surface area contributed by atoms with Crippen LogP contribution in [-0.2, 0) is 9.59 Å². The first-order chi connectivity index (χ1) is 12.1. The molecule has 1 N–H and O–H groups in total. The zero-order valence-electron chi connectivity index (χ0n) is 14.0. The van der Waals surface area contributed by atoms with Gasteiger partial charge in [-0.1, -0.05) is 6.42 Å². The summed E-state index contributed by atoms with van der Waals surface area (Å²) in [6.07, 6.45) is 3.18. The lowest BCUT2D eigenvalue weighted by atomic mass is 9.84. The van der Waals surface area contributed by atoms with Gasteiger partial charge < -0.3 is 15.1 Å². The fourth-order valence-electron chi connectivity index (χ4n) is 3.44. The molecule has 2 fully saturated rings. The molecule has 0 unspecified atom stereocenters. The van der Waals surface area contributed by atoms with Gasteiger partial charge in [-0.15, -0.1) is 11.8 Å². The third-order valence-electron chi connectivity index (χ3n) is 5.19. The summed E-state index contributed by atoms with van der Waals surface area (Å²) in [6.45, 7) is 2.35. The molecule has 0 radical (unpaired) electrons. The number of hydrogen-bond donors (Lipinski definition) is 1. The average Bonchev–Trinajstić information content (AvgIpc) is 2.59. The quantitative estimate of drug-likeness (QED) is 0.874. The van der Waals surface area contributed by atoms with Gasteiger partial charge in [0.15, 0.2) is 0 Å². The predicted octanol–water partition coefficient (Wildman–Crippen LogP) is 1.82. The van der Waals surface area contributed by atoms with E-state index >= 15 is 0 Å². The van der Waals surface area contributed by atoms with Crippen molar-refractivity contribution in [3.8, 4) is 0 Å². The fraction of sp³-hybridized carbons (Fsp3) is 0.500. The molecule has 1 aromatic rings. The molecule has 2 heterocycles. The van der Waals surface area contributed by atoms with Crippen LogP contribution in [0.5, 0.6) is 0 Å². The van der Waals surface area contributed by atoms with Gasteiger partial charge in [-0.2, -0.15) is 0 Å². The van der Waals surface area contributed by atoms with Crippen molar-refractivity contribution in [1.82, 2.24) is 9.80 Å². The molecule has 2 aliphatic heterocycles. The van der Waals surface area contributed by atoms with E-state index in [9.17, 15) is 14.4 Å². The smallest absolute Gasteiger partial charge is 0.254 e. The predicted molar refractivity (Wildman–Crippen MR) is 95.6 cm³/mol. The number of amides is 3. The number of hydrogen-bond acceptors (Lipinski definition) is 4. The molecule has 132 valence electrons. The van der Waals surface area contributed by atoms with E-state index in [4.69, 9.17) is 0 Å². The first-order valence-corrected chi connectivity index (χ1v) is 9.75. The number of piperazine rings is 1. The van der Waals surface area contributed by atoms with E-state index < -0.39 is 0 Å². The molecular formula is C18H21N3O3S. The Bertz CT molecular complexity index is 724. The van der Waals surface area contributed by atoms with Crippen molar-refractivity contribution >= 4 is 35.2 Å². The second-order valence-electron chi connectivity index (χ2n) is 6.79. The van der Waals surface area contributed by atoms with E-state index in [0.717, 1.165) is 24.2 Å². The zero-order valence-corrected chi connectivity index (χ0v) is 14.8. The van der Waals surface area contributed by atoms with Crippen LogP contribution in [0.15, 0.2) is 23.1 Å². The molecule has 4 rings (SSSR count). The maximum Gasteiger partial charge on any atom is 0.254 e. The molecule has 1 aromatic carbocycles. The third kappa shape index (κ3) is 3.25. The molecule has 25 heavy (non-hydrogen) atoms. The minimum Gasteiger partial charge on any atom is -0.339 e. The largest absolute Gasteiger partial charge is 0.339 e. The summed E-state index contributed by atoms with van der Waals surface area (Å²) in [6, 6.07) is 5.47. The van der Waals surface area contributed by atoms with Crippen molar-refractivity contribution in [2.75, 3.05) is 37.2 Å². The maximum absolute atomic E-state index is 12.7. The number of nitrogens with zero attached hydrogens (tertiary/aromatic N) is 2. The van der Waals surface area contributed by atoms with Gasteiger partial charge in [0.1, 0.15) is 0 Å². The number of nitrogens with one attached hydrogen (secondary N) is 1. The molecule has 3 amide bonds. The average molecular weight is 359 g/mol. The van der Waals surface area contributed by atoms with Crippen molar-refractivity contribution in [2.24, 2.45) is 5.92 Å². The van der Waals surface area contributed by atoms with Crippen LogP contribution in [0.2, 0.25) is 0 Å². The highest BCUT2D eigenvalue weighted by atomic mass is 32.2. The van der Waals surface area contributed by atoms with Crippen LogP contribution < -0.4 is 5.32 Å². The third-order valence-corrected chi connectivity index (χ3v) is 6.27. The van der Waals surface area contributed by atoms with E-state index in [1.165, 1.54) is 11.8 Å². The Labute approximate surface area is 150 Å². The number of anilines is 1. The monoisotopic (exact) mass is 359 g/mol. The van der Waals surface area contributed by atoms with E-state index in [1.54, 1.807) is 11.0 Å². The number of thioether (sulfide) groups is 1. The number of fused-ring (bicyclic) bond motifs is 1. The van der Waals surface area contributed by atoms with Crippen LogP contribution in [0.1, 0.15) is 29.6 Å². The number of benzene rings is 1. The number of carbonyl (C=O) groups excluding carboxylic acids is 3. The normalized spacial score (nSPS) is 20.6. The summed E-state index contributed by atoms with van der Waals surface area (Å²) in [5, 5.41) is 2.82. The van der Waals surface area contributed by atoms with Gasteiger partial charge in [-0.3, -0.25) is 14.4 Å². The Morgan fingerprint density at radius 1 is 1.08 bits per heavy atom. The summed E-state index contributed by atoms with van der Waals surface area (Å²) in [5.74, 6) is 0.807. The Morgan fingerprint density at radius 2 is 1.80 bits per heavy atom. The topological polar surface area (TPSA) is 69.7 Å². The van der Waals surface area contributed by atoms with E-state index in [2.05, 4.69) is 5.32 Å².